The molecular weight excluding hydrogens is 290 g/mol. The van der Waals surface area contributed by atoms with Gasteiger partial charge in [-0.3, -0.25) is 0 Å². The fraction of sp³-hybridized carbons (Fsp3) is 0.389. The fourth-order valence-corrected chi connectivity index (χ4v) is 3.12. The summed E-state index contributed by atoms with van der Waals surface area (Å²) >= 11 is 0. The number of phenols is 1. The van der Waals surface area contributed by atoms with Crippen LogP contribution in [-0.4, -0.2) is 14.7 Å². The second kappa shape index (κ2) is 6.36. The Morgan fingerprint density at radius 3 is 2.57 bits per heavy atom. The number of rotatable bonds is 6. The fourth-order valence-electron chi connectivity index (χ4n) is 3.12. The highest BCUT2D eigenvalue weighted by atomic mass is 16.3. The molecule has 0 bridgehead atoms. The molecule has 0 aliphatic rings. The second-order valence-corrected chi connectivity index (χ2v) is 5.81. The Morgan fingerprint density at radius 1 is 1.17 bits per heavy atom. The molecule has 0 aliphatic heterocycles. The first kappa shape index (κ1) is 15.5. The van der Waals surface area contributed by atoms with Gasteiger partial charge in [0.15, 0.2) is 0 Å². The third kappa shape index (κ3) is 2.46. The molecule has 3 rings (SSSR count). The first-order valence-electron chi connectivity index (χ1n) is 8.19. The molecule has 0 saturated heterocycles. The number of benzene rings is 2. The van der Waals surface area contributed by atoms with Gasteiger partial charge in [0.25, 0.3) is 0 Å². The van der Waals surface area contributed by atoms with Crippen LogP contribution in [0.25, 0.3) is 21.8 Å². The summed E-state index contributed by atoms with van der Waals surface area (Å²) in [5.41, 5.74) is 1.46. The standard InChI is InChI=1S/C18H21N3O2/c1-3-5-11-21-14(8-4-2)19-16-15(20-23)12-9-6-7-10-13(12)18(22)17(16)21/h6-7,9-10,22H,3-5,8,11H2,1-2H3. The summed E-state index contributed by atoms with van der Waals surface area (Å²) in [6.45, 7) is 5.01. The van der Waals surface area contributed by atoms with Gasteiger partial charge in [0, 0.05) is 23.7 Å². The number of aryl methyl sites for hydroxylation is 2. The molecule has 120 valence electrons. The first-order valence-corrected chi connectivity index (χ1v) is 8.19. The molecule has 0 atom stereocenters. The number of imidazole rings is 1. The molecule has 2 aromatic carbocycles. The topological polar surface area (TPSA) is 67.5 Å². The van der Waals surface area contributed by atoms with E-state index in [4.69, 9.17) is 0 Å². The van der Waals surface area contributed by atoms with E-state index in [1.165, 1.54) is 0 Å². The van der Waals surface area contributed by atoms with Crippen LogP contribution in [0.2, 0.25) is 0 Å². The minimum atomic E-state index is 0.189. The van der Waals surface area contributed by atoms with Gasteiger partial charge in [-0.15, -0.1) is 4.91 Å². The number of nitroso groups, excluding NO2 is 1. The molecule has 5 heteroatoms. The lowest BCUT2D eigenvalue weighted by Gasteiger charge is -2.10. The number of phenolic OH excluding ortho intramolecular Hbond substituents is 1. The van der Waals surface area contributed by atoms with Crippen LogP contribution >= 0.6 is 0 Å². The molecule has 3 aromatic rings. The number of nitrogens with zero attached hydrogens (tertiary/aromatic N) is 3. The summed E-state index contributed by atoms with van der Waals surface area (Å²) in [5.74, 6) is 1.10. The average Bonchev–Trinajstić information content (AvgIpc) is 2.92. The van der Waals surface area contributed by atoms with Crippen LogP contribution < -0.4 is 0 Å². The Morgan fingerprint density at radius 2 is 1.91 bits per heavy atom. The normalized spacial score (nSPS) is 11.4. The van der Waals surface area contributed by atoms with Crippen molar-refractivity contribution in [3.8, 4) is 5.75 Å². The Bertz CT molecular complexity index is 868. The molecule has 0 spiro atoms. The zero-order valence-corrected chi connectivity index (χ0v) is 13.5. The predicted molar refractivity (Wildman–Crippen MR) is 93.3 cm³/mol. The number of aromatic nitrogens is 2. The molecule has 23 heavy (non-hydrogen) atoms. The largest absolute Gasteiger partial charge is 0.505 e. The highest BCUT2D eigenvalue weighted by Crippen LogP contribution is 2.42. The van der Waals surface area contributed by atoms with Crippen LogP contribution in [0.15, 0.2) is 29.4 Å². The molecular formula is C18H21N3O2. The lowest BCUT2D eigenvalue weighted by atomic mass is 10.1. The van der Waals surface area contributed by atoms with Gasteiger partial charge < -0.3 is 9.67 Å². The summed E-state index contributed by atoms with van der Waals surface area (Å²) < 4.78 is 2.05. The Kier molecular flexibility index (Phi) is 4.28. The quantitative estimate of drug-likeness (QED) is 0.648. The van der Waals surface area contributed by atoms with Gasteiger partial charge in [-0.1, -0.05) is 44.5 Å². The maximum atomic E-state index is 11.5. The van der Waals surface area contributed by atoms with Crippen LogP contribution in [0.1, 0.15) is 38.9 Å². The summed E-state index contributed by atoms with van der Waals surface area (Å²) in [6, 6.07) is 7.30. The van der Waals surface area contributed by atoms with Crippen molar-refractivity contribution in [3.63, 3.8) is 0 Å². The summed E-state index contributed by atoms with van der Waals surface area (Å²) in [7, 11) is 0. The molecule has 5 nitrogen and oxygen atoms in total. The molecule has 0 fully saturated rings. The van der Waals surface area contributed by atoms with Gasteiger partial charge in [0.2, 0.25) is 0 Å². The van der Waals surface area contributed by atoms with E-state index < -0.39 is 0 Å². The van der Waals surface area contributed by atoms with Gasteiger partial charge in [-0.2, -0.15) is 0 Å². The average molecular weight is 311 g/mol. The van der Waals surface area contributed by atoms with E-state index >= 15 is 0 Å². The minimum absolute atomic E-state index is 0.189. The van der Waals surface area contributed by atoms with Crippen LogP contribution in [0.4, 0.5) is 5.69 Å². The van der Waals surface area contributed by atoms with E-state index in [1.807, 2.05) is 18.2 Å². The third-order valence-corrected chi connectivity index (χ3v) is 4.23. The van der Waals surface area contributed by atoms with E-state index in [1.54, 1.807) is 6.07 Å². The number of unbranched alkanes of at least 4 members (excludes halogenated alkanes) is 1. The molecule has 1 aromatic heterocycles. The molecule has 0 amide bonds. The second-order valence-electron chi connectivity index (χ2n) is 5.81. The van der Waals surface area contributed by atoms with Crippen LogP contribution in [-0.2, 0) is 13.0 Å². The van der Waals surface area contributed by atoms with Crippen LogP contribution in [0.5, 0.6) is 5.75 Å². The zero-order valence-electron chi connectivity index (χ0n) is 13.5. The van der Waals surface area contributed by atoms with Crippen LogP contribution in [0.3, 0.4) is 0 Å². The van der Waals surface area contributed by atoms with Gasteiger partial charge in [-0.25, -0.2) is 4.98 Å². The SMILES string of the molecule is CCCCn1c(CCC)nc2c(N=O)c3ccccc3c(O)c21. The predicted octanol–water partition coefficient (Wildman–Crippen LogP) is 5.05. The van der Waals surface area contributed by atoms with E-state index in [-0.39, 0.29) is 5.75 Å². The Labute approximate surface area is 134 Å². The highest BCUT2D eigenvalue weighted by Gasteiger charge is 2.21. The van der Waals surface area contributed by atoms with Gasteiger partial charge >= 0.3 is 0 Å². The lowest BCUT2D eigenvalue weighted by Crippen LogP contribution is -2.04. The molecule has 1 heterocycles. The van der Waals surface area contributed by atoms with E-state index in [0.717, 1.165) is 38.1 Å². The summed E-state index contributed by atoms with van der Waals surface area (Å²) in [4.78, 5) is 16.1. The Hall–Kier alpha value is -2.43. The third-order valence-electron chi connectivity index (χ3n) is 4.23. The molecule has 0 radical (unpaired) electrons. The Balaban J connectivity index is 2.41. The number of fused-ring (bicyclic) bond motifs is 2. The van der Waals surface area contributed by atoms with Crippen molar-refractivity contribution in [2.45, 2.75) is 46.1 Å². The van der Waals surface area contributed by atoms with E-state index in [2.05, 4.69) is 28.6 Å². The summed E-state index contributed by atoms with van der Waals surface area (Å²) in [5, 5.41) is 15.3. The van der Waals surface area contributed by atoms with Crippen molar-refractivity contribution >= 4 is 27.5 Å². The van der Waals surface area contributed by atoms with Gasteiger partial charge in [0.1, 0.15) is 28.3 Å². The zero-order chi connectivity index (χ0) is 16.4. The van der Waals surface area contributed by atoms with Crippen LogP contribution in [0, 0.1) is 4.91 Å². The summed E-state index contributed by atoms with van der Waals surface area (Å²) in [6.07, 6.45) is 3.82. The van der Waals surface area contributed by atoms with Crippen molar-refractivity contribution in [3.05, 3.63) is 35.0 Å². The van der Waals surface area contributed by atoms with Crippen molar-refractivity contribution in [2.24, 2.45) is 5.18 Å². The molecule has 0 aliphatic carbocycles. The highest BCUT2D eigenvalue weighted by molar-refractivity contribution is 6.12. The maximum absolute atomic E-state index is 11.5. The number of aromatic hydroxyl groups is 1. The first-order chi connectivity index (χ1) is 11.2. The monoisotopic (exact) mass is 311 g/mol. The van der Waals surface area contributed by atoms with Gasteiger partial charge in [-0.05, 0) is 18.0 Å². The molecule has 0 unspecified atom stereocenters. The van der Waals surface area contributed by atoms with E-state index in [9.17, 15) is 10.0 Å². The van der Waals surface area contributed by atoms with Crippen molar-refractivity contribution < 1.29 is 5.11 Å². The van der Waals surface area contributed by atoms with E-state index in [0.29, 0.717) is 27.5 Å². The van der Waals surface area contributed by atoms with Gasteiger partial charge in [0.05, 0.1) is 0 Å². The lowest BCUT2D eigenvalue weighted by molar-refractivity contribution is 0.482. The minimum Gasteiger partial charge on any atom is -0.505 e. The van der Waals surface area contributed by atoms with Crippen molar-refractivity contribution in [2.75, 3.05) is 0 Å². The maximum Gasteiger partial charge on any atom is 0.149 e. The molecule has 0 saturated carbocycles. The smallest absolute Gasteiger partial charge is 0.149 e. The number of hydrogen-bond donors (Lipinski definition) is 1. The number of hydrogen-bond acceptors (Lipinski definition) is 4. The molecule has 1 N–H and O–H groups in total. The van der Waals surface area contributed by atoms with Crippen molar-refractivity contribution in [1.82, 2.24) is 9.55 Å². The van der Waals surface area contributed by atoms with Crippen molar-refractivity contribution in [1.29, 1.82) is 0 Å².